The Balaban J connectivity index is 1.29. The molecule has 4 aliphatic heterocycles. The second-order valence-electron chi connectivity index (χ2n) is 10.7. The number of nitrogens with zero attached hydrogens (tertiary/aromatic N) is 4. The molecule has 1 aromatic heterocycles. The normalized spacial score (nSPS) is 25.6. The zero-order valence-corrected chi connectivity index (χ0v) is 24.3. The number of fused-ring (bicyclic) bond motifs is 1. The van der Waals surface area contributed by atoms with Crippen LogP contribution in [0.1, 0.15) is 25.3 Å². The number of carboxylic acids is 3. The van der Waals surface area contributed by atoms with E-state index in [2.05, 4.69) is 15.5 Å². The smallest absolute Gasteiger partial charge is 0.352 e. The van der Waals surface area contributed by atoms with Gasteiger partial charge in [-0.2, -0.15) is 0 Å². The standard InChI is InChI=1S/C27H30N6O10S/c1-13(26(39)40)43-30-19(15-2-5-28-9-15)22(36)29-20-24(38)33-21(27(41)42)16(12-44-25(20)33)8-14-3-7-32(23(14)37)17-4-6-31(10-17)11-18(34)35/h2,5,8-9,13,17,20,25,28H,3-4,6-7,10-12H2,1H3,(H,29,36)(H,34,35)(H,39,40)(H,41,42)/b14-8+,30-19-/t13?,17?,20-,25?/m0/s1. The van der Waals surface area contributed by atoms with Crippen LogP contribution in [0, 0.1) is 0 Å². The molecule has 0 spiro atoms. The Bertz CT molecular complexity index is 1490. The number of carboxylic acid groups (broad SMARTS) is 3. The summed E-state index contributed by atoms with van der Waals surface area (Å²) in [5, 5.41) is 33.7. The van der Waals surface area contributed by atoms with E-state index in [1.165, 1.54) is 43.2 Å². The molecule has 5 N–H and O–H groups in total. The molecule has 4 atom stereocenters. The fourth-order valence-corrected chi connectivity index (χ4v) is 6.87. The number of H-pyrrole nitrogens is 1. The van der Waals surface area contributed by atoms with Gasteiger partial charge in [0.25, 0.3) is 11.8 Å². The minimum Gasteiger partial charge on any atom is -0.480 e. The summed E-state index contributed by atoms with van der Waals surface area (Å²) in [6, 6.07) is 0.286. The van der Waals surface area contributed by atoms with E-state index in [0.29, 0.717) is 43.6 Å². The van der Waals surface area contributed by atoms with Gasteiger partial charge >= 0.3 is 17.9 Å². The third-order valence-electron chi connectivity index (χ3n) is 7.78. The van der Waals surface area contributed by atoms with Gasteiger partial charge in [0.05, 0.1) is 6.54 Å². The summed E-state index contributed by atoms with van der Waals surface area (Å²) in [4.78, 5) is 86.3. The molecule has 3 saturated heterocycles. The highest BCUT2D eigenvalue weighted by atomic mass is 32.2. The number of oxime groups is 1. The van der Waals surface area contributed by atoms with Gasteiger partial charge < -0.3 is 35.4 Å². The van der Waals surface area contributed by atoms with Gasteiger partial charge in [0, 0.05) is 55.0 Å². The van der Waals surface area contributed by atoms with Crippen LogP contribution in [-0.4, -0.2) is 132 Å². The molecular weight excluding hydrogens is 600 g/mol. The lowest BCUT2D eigenvalue weighted by Crippen LogP contribution is -2.71. The fourth-order valence-electron chi connectivity index (χ4n) is 5.56. The molecule has 44 heavy (non-hydrogen) atoms. The van der Waals surface area contributed by atoms with Gasteiger partial charge in [0.2, 0.25) is 12.0 Å². The molecule has 234 valence electrons. The first-order valence-corrected chi connectivity index (χ1v) is 14.8. The molecule has 4 aliphatic rings. The molecule has 3 fully saturated rings. The van der Waals surface area contributed by atoms with E-state index in [1.807, 2.05) is 0 Å². The maximum Gasteiger partial charge on any atom is 0.352 e. The van der Waals surface area contributed by atoms with Crippen molar-refractivity contribution < 1.29 is 48.9 Å². The van der Waals surface area contributed by atoms with Crippen LogP contribution in [0.5, 0.6) is 0 Å². The lowest BCUT2D eigenvalue weighted by molar-refractivity contribution is -0.150. The molecule has 0 bridgehead atoms. The molecule has 3 amide bonds. The average molecular weight is 631 g/mol. The second kappa shape index (κ2) is 12.5. The van der Waals surface area contributed by atoms with Crippen LogP contribution < -0.4 is 5.32 Å². The van der Waals surface area contributed by atoms with Gasteiger partial charge in [-0.25, -0.2) is 9.59 Å². The molecule has 17 heteroatoms. The molecule has 0 aliphatic carbocycles. The first-order valence-electron chi connectivity index (χ1n) is 13.7. The van der Waals surface area contributed by atoms with Gasteiger partial charge in [0.1, 0.15) is 17.1 Å². The first-order chi connectivity index (χ1) is 21.0. The molecule has 5 heterocycles. The lowest BCUT2D eigenvalue weighted by atomic mass is 10.0. The van der Waals surface area contributed by atoms with Crippen molar-refractivity contribution in [3.8, 4) is 0 Å². The summed E-state index contributed by atoms with van der Waals surface area (Å²) < 4.78 is 0. The number of carbonyl (C=O) groups excluding carboxylic acids is 3. The number of carbonyl (C=O) groups is 6. The number of allylic oxidation sites excluding steroid dienone is 1. The number of β-lactam (4-membered cyclic amide) rings is 1. The average Bonchev–Trinajstić information content (AvgIpc) is 3.74. The maximum atomic E-state index is 13.2. The molecule has 3 unspecified atom stereocenters. The van der Waals surface area contributed by atoms with Gasteiger partial charge in [-0.15, -0.1) is 11.8 Å². The number of hydrogen-bond acceptors (Lipinski definition) is 10. The number of thioether (sulfide) groups is 1. The van der Waals surface area contributed by atoms with Crippen LogP contribution in [0.25, 0.3) is 0 Å². The number of hydrogen-bond donors (Lipinski definition) is 5. The highest BCUT2D eigenvalue weighted by Gasteiger charge is 2.54. The van der Waals surface area contributed by atoms with Gasteiger partial charge in [0.15, 0.2) is 5.71 Å². The zero-order valence-electron chi connectivity index (χ0n) is 23.5. The Labute approximate surface area is 254 Å². The monoisotopic (exact) mass is 630 g/mol. The Morgan fingerprint density at radius 2 is 2.00 bits per heavy atom. The Morgan fingerprint density at radius 1 is 1.23 bits per heavy atom. The quantitative estimate of drug-likeness (QED) is 0.0883. The van der Waals surface area contributed by atoms with Crippen LogP contribution >= 0.6 is 11.8 Å². The first kappa shape index (κ1) is 30.8. The number of likely N-dealkylation sites (tertiary alicyclic amines) is 2. The van der Waals surface area contributed by atoms with Crippen molar-refractivity contribution in [2.24, 2.45) is 5.16 Å². The number of aliphatic carboxylic acids is 3. The number of aromatic amines is 1. The van der Waals surface area contributed by atoms with Gasteiger partial charge in [-0.05, 0) is 37.5 Å². The van der Waals surface area contributed by atoms with Crippen molar-refractivity contribution >= 4 is 53.1 Å². The molecular formula is C27H30N6O10S. The van der Waals surface area contributed by atoms with Crippen LogP contribution in [0.2, 0.25) is 0 Å². The van der Waals surface area contributed by atoms with Crippen molar-refractivity contribution in [3.63, 3.8) is 0 Å². The third-order valence-corrected chi connectivity index (χ3v) is 9.08. The topological polar surface area (TPSA) is 222 Å². The van der Waals surface area contributed by atoms with Crippen LogP contribution in [0.15, 0.2) is 46.5 Å². The van der Waals surface area contributed by atoms with Crippen LogP contribution in [0.4, 0.5) is 0 Å². The highest BCUT2D eigenvalue weighted by Crippen LogP contribution is 2.41. The van der Waals surface area contributed by atoms with E-state index in [0.717, 1.165) is 4.90 Å². The number of aromatic nitrogens is 1. The van der Waals surface area contributed by atoms with E-state index in [-0.39, 0.29) is 41.2 Å². The third kappa shape index (κ3) is 6.05. The van der Waals surface area contributed by atoms with E-state index in [4.69, 9.17) is 15.1 Å². The summed E-state index contributed by atoms with van der Waals surface area (Å²) in [5.74, 6) is -5.15. The van der Waals surface area contributed by atoms with E-state index in [1.54, 1.807) is 9.80 Å². The predicted octanol–water partition coefficient (Wildman–Crippen LogP) is -0.735. The molecule has 5 rings (SSSR count). The Hall–Kier alpha value is -4.64. The van der Waals surface area contributed by atoms with Crippen molar-refractivity contribution in [3.05, 3.63) is 46.9 Å². The summed E-state index contributed by atoms with van der Waals surface area (Å²) in [5.41, 5.74) is 0.447. The zero-order chi connectivity index (χ0) is 31.7. The fraction of sp³-hybridized carbons (Fsp3) is 0.444. The highest BCUT2D eigenvalue weighted by molar-refractivity contribution is 8.00. The Kier molecular flexibility index (Phi) is 8.78. The molecule has 16 nitrogen and oxygen atoms in total. The molecule has 1 aromatic rings. The lowest BCUT2D eigenvalue weighted by Gasteiger charge is -2.49. The number of nitrogens with one attached hydrogen (secondary N) is 2. The largest absolute Gasteiger partial charge is 0.480 e. The predicted molar refractivity (Wildman–Crippen MR) is 152 cm³/mol. The van der Waals surface area contributed by atoms with Crippen molar-refractivity contribution in [1.82, 2.24) is 25.0 Å². The van der Waals surface area contributed by atoms with E-state index >= 15 is 0 Å². The van der Waals surface area contributed by atoms with Crippen molar-refractivity contribution in [2.45, 2.75) is 43.3 Å². The minimum absolute atomic E-state index is 0.0995. The number of rotatable bonds is 11. The Morgan fingerprint density at radius 3 is 2.66 bits per heavy atom. The summed E-state index contributed by atoms with van der Waals surface area (Å²) in [6.45, 7) is 2.57. The van der Waals surface area contributed by atoms with Gasteiger partial charge in [-0.1, -0.05) is 5.16 Å². The summed E-state index contributed by atoms with van der Waals surface area (Å²) in [7, 11) is 0. The van der Waals surface area contributed by atoms with Crippen LogP contribution in [-0.2, 0) is 33.6 Å². The second-order valence-corrected chi connectivity index (χ2v) is 11.8. The van der Waals surface area contributed by atoms with Gasteiger partial charge in [-0.3, -0.25) is 29.0 Å². The van der Waals surface area contributed by atoms with E-state index in [9.17, 15) is 33.9 Å². The minimum atomic E-state index is -1.35. The number of amides is 3. The summed E-state index contributed by atoms with van der Waals surface area (Å²) >= 11 is 1.23. The molecule has 0 saturated carbocycles. The molecule has 0 aromatic carbocycles. The van der Waals surface area contributed by atoms with Crippen LogP contribution in [0.3, 0.4) is 0 Å². The van der Waals surface area contributed by atoms with Crippen molar-refractivity contribution in [2.75, 3.05) is 31.9 Å². The van der Waals surface area contributed by atoms with Crippen molar-refractivity contribution in [1.29, 1.82) is 0 Å². The summed E-state index contributed by atoms with van der Waals surface area (Å²) in [6.07, 6.45) is 4.16. The molecule has 0 radical (unpaired) electrons. The maximum absolute atomic E-state index is 13.2. The SMILES string of the molecule is CC(O/N=C(\C(=O)N[C@H]1C(=O)N2C(C(=O)O)=C(/C=C3\CCN(C4CCN(CC(=O)O)C4)C3=O)CSC12)c1cc[nH]c1)C(=O)O. The van der Waals surface area contributed by atoms with E-state index < -0.39 is 47.2 Å².